The van der Waals surface area contributed by atoms with E-state index in [1.807, 2.05) is 6.92 Å². The Bertz CT molecular complexity index is 227. The van der Waals surface area contributed by atoms with Crippen molar-refractivity contribution in [1.82, 2.24) is 0 Å². The van der Waals surface area contributed by atoms with Crippen LogP contribution in [0.4, 0.5) is 0 Å². The zero-order valence-electron chi connectivity index (χ0n) is 9.18. The van der Waals surface area contributed by atoms with Crippen molar-refractivity contribution in [3.63, 3.8) is 0 Å². The summed E-state index contributed by atoms with van der Waals surface area (Å²) in [7, 11) is 0. The fourth-order valence-corrected chi connectivity index (χ4v) is 0.815. The van der Waals surface area contributed by atoms with Crippen molar-refractivity contribution < 1.29 is 14.2 Å². The van der Waals surface area contributed by atoms with Gasteiger partial charge in [0.05, 0.1) is 19.8 Å². The first kappa shape index (κ1) is 13.8. The smallest absolute Gasteiger partial charge is 0.133 e. The molecular formula is C9H17N3O3. The summed E-state index contributed by atoms with van der Waals surface area (Å²) in [4.78, 5) is 2.61. The maximum Gasteiger partial charge on any atom is 0.133 e. The van der Waals surface area contributed by atoms with Gasteiger partial charge in [-0.1, -0.05) is 11.7 Å². The SMILES string of the molecule is C=C(COCCOC(C)N=[N+]=[N-])OCC. The van der Waals surface area contributed by atoms with Gasteiger partial charge in [-0.3, -0.25) is 0 Å². The molecular weight excluding hydrogens is 198 g/mol. The van der Waals surface area contributed by atoms with E-state index >= 15 is 0 Å². The first-order valence-corrected chi connectivity index (χ1v) is 4.74. The van der Waals surface area contributed by atoms with Gasteiger partial charge in [0.15, 0.2) is 0 Å². The first-order chi connectivity index (χ1) is 7.20. The average molecular weight is 215 g/mol. The molecule has 0 amide bonds. The van der Waals surface area contributed by atoms with Crippen LogP contribution < -0.4 is 0 Å². The second-order valence-electron chi connectivity index (χ2n) is 2.70. The van der Waals surface area contributed by atoms with E-state index in [1.54, 1.807) is 6.92 Å². The maximum atomic E-state index is 8.09. The molecule has 0 spiro atoms. The Labute approximate surface area is 89.4 Å². The van der Waals surface area contributed by atoms with Gasteiger partial charge in [-0.15, -0.1) is 0 Å². The Morgan fingerprint density at radius 3 is 2.87 bits per heavy atom. The Hall–Kier alpha value is -1.23. The highest BCUT2D eigenvalue weighted by Crippen LogP contribution is 1.95. The van der Waals surface area contributed by atoms with Crippen LogP contribution in [0.5, 0.6) is 0 Å². The molecule has 0 radical (unpaired) electrons. The molecule has 0 aromatic heterocycles. The summed E-state index contributed by atoms with van der Waals surface area (Å²) in [5.41, 5.74) is 8.09. The summed E-state index contributed by atoms with van der Waals surface area (Å²) in [6.07, 6.45) is -0.464. The molecule has 0 aliphatic carbocycles. The van der Waals surface area contributed by atoms with Crippen molar-refractivity contribution in [1.29, 1.82) is 0 Å². The average Bonchev–Trinajstić information content (AvgIpc) is 2.18. The van der Waals surface area contributed by atoms with E-state index < -0.39 is 6.23 Å². The van der Waals surface area contributed by atoms with Gasteiger partial charge in [0.1, 0.15) is 18.6 Å². The zero-order valence-corrected chi connectivity index (χ0v) is 9.18. The number of hydrogen-bond donors (Lipinski definition) is 0. The molecule has 0 aromatic rings. The van der Waals surface area contributed by atoms with E-state index in [0.29, 0.717) is 32.2 Å². The van der Waals surface area contributed by atoms with E-state index in [0.717, 1.165) is 0 Å². The monoisotopic (exact) mass is 215 g/mol. The van der Waals surface area contributed by atoms with Crippen LogP contribution in [-0.2, 0) is 14.2 Å². The summed E-state index contributed by atoms with van der Waals surface area (Å²) in [6, 6.07) is 0. The molecule has 0 heterocycles. The summed E-state index contributed by atoms with van der Waals surface area (Å²) in [5.74, 6) is 0.598. The molecule has 1 atom stereocenters. The standard InChI is InChI=1S/C9H17N3O3/c1-4-14-8(2)7-13-5-6-15-9(3)11-12-10/h9H,2,4-7H2,1,3H3. The lowest BCUT2D eigenvalue weighted by atomic mass is 10.6. The quantitative estimate of drug-likeness (QED) is 0.194. The van der Waals surface area contributed by atoms with E-state index in [1.165, 1.54) is 0 Å². The summed E-state index contributed by atoms with van der Waals surface area (Å²) < 4.78 is 15.4. The van der Waals surface area contributed by atoms with E-state index in [2.05, 4.69) is 16.6 Å². The zero-order chi connectivity index (χ0) is 11.5. The Balaban J connectivity index is 3.31. The molecule has 0 saturated heterocycles. The van der Waals surface area contributed by atoms with Crippen molar-refractivity contribution in [3.05, 3.63) is 22.8 Å². The van der Waals surface area contributed by atoms with Gasteiger partial charge in [0.25, 0.3) is 0 Å². The second-order valence-corrected chi connectivity index (χ2v) is 2.70. The van der Waals surface area contributed by atoms with Crippen LogP contribution in [0.2, 0.25) is 0 Å². The Morgan fingerprint density at radius 1 is 1.53 bits per heavy atom. The minimum absolute atomic E-state index is 0.354. The molecule has 0 aliphatic heterocycles. The molecule has 0 saturated carbocycles. The Kier molecular flexibility index (Phi) is 8.56. The highest BCUT2D eigenvalue weighted by Gasteiger charge is 1.98. The Morgan fingerprint density at radius 2 is 2.27 bits per heavy atom. The number of nitrogens with zero attached hydrogens (tertiary/aromatic N) is 3. The lowest BCUT2D eigenvalue weighted by Gasteiger charge is -2.09. The van der Waals surface area contributed by atoms with E-state index in [4.69, 9.17) is 19.7 Å². The van der Waals surface area contributed by atoms with Gasteiger partial charge in [-0.25, -0.2) is 0 Å². The molecule has 0 fully saturated rings. The number of azide groups is 1. The van der Waals surface area contributed by atoms with Gasteiger partial charge >= 0.3 is 0 Å². The minimum atomic E-state index is -0.464. The molecule has 0 aliphatic rings. The van der Waals surface area contributed by atoms with Crippen LogP contribution in [0, 0.1) is 0 Å². The van der Waals surface area contributed by atoms with Crippen molar-refractivity contribution in [3.8, 4) is 0 Å². The number of hydrogen-bond acceptors (Lipinski definition) is 4. The lowest BCUT2D eigenvalue weighted by molar-refractivity contribution is 0.0121. The molecule has 6 heteroatoms. The summed E-state index contributed by atoms with van der Waals surface area (Å²) >= 11 is 0. The van der Waals surface area contributed by atoms with Crippen LogP contribution in [0.1, 0.15) is 13.8 Å². The van der Waals surface area contributed by atoms with Crippen LogP contribution >= 0.6 is 0 Å². The van der Waals surface area contributed by atoms with Crippen molar-refractivity contribution in [2.24, 2.45) is 5.11 Å². The summed E-state index contributed by atoms with van der Waals surface area (Å²) in [5, 5.41) is 3.35. The van der Waals surface area contributed by atoms with Crippen molar-refractivity contribution in [2.45, 2.75) is 20.1 Å². The fourth-order valence-electron chi connectivity index (χ4n) is 0.815. The second kappa shape index (κ2) is 9.33. The summed E-state index contributed by atoms with van der Waals surface area (Å²) in [6.45, 7) is 8.94. The predicted molar refractivity (Wildman–Crippen MR) is 56.1 cm³/mol. The lowest BCUT2D eigenvalue weighted by Crippen LogP contribution is -2.11. The molecule has 86 valence electrons. The molecule has 0 N–H and O–H groups in total. The van der Waals surface area contributed by atoms with Crippen molar-refractivity contribution >= 4 is 0 Å². The predicted octanol–water partition coefficient (Wildman–Crippen LogP) is 2.23. The topological polar surface area (TPSA) is 76.5 Å². The minimum Gasteiger partial charge on any atom is -0.496 e. The van der Waals surface area contributed by atoms with Crippen LogP contribution in [0.25, 0.3) is 10.4 Å². The largest absolute Gasteiger partial charge is 0.496 e. The van der Waals surface area contributed by atoms with Gasteiger partial charge in [0, 0.05) is 4.91 Å². The molecule has 1 unspecified atom stereocenters. The van der Waals surface area contributed by atoms with Gasteiger partial charge in [-0.05, 0) is 19.4 Å². The number of rotatable bonds is 9. The van der Waals surface area contributed by atoms with Crippen LogP contribution in [-0.4, -0.2) is 32.7 Å². The molecule has 6 nitrogen and oxygen atoms in total. The van der Waals surface area contributed by atoms with Gasteiger partial charge < -0.3 is 14.2 Å². The van der Waals surface area contributed by atoms with Gasteiger partial charge in [-0.2, -0.15) is 0 Å². The van der Waals surface area contributed by atoms with E-state index in [9.17, 15) is 0 Å². The third-order valence-electron chi connectivity index (χ3n) is 1.41. The van der Waals surface area contributed by atoms with Crippen LogP contribution in [0.3, 0.4) is 0 Å². The van der Waals surface area contributed by atoms with E-state index in [-0.39, 0.29) is 0 Å². The first-order valence-electron chi connectivity index (χ1n) is 4.74. The molecule has 0 bridgehead atoms. The third-order valence-corrected chi connectivity index (χ3v) is 1.41. The number of ether oxygens (including phenoxy) is 3. The fraction of sp³-hybridized carbons (Fsp3) is 0.778. The van der Waals surface area contributed by atoms with Crippen molar-refractivity contribution in [2.75, 3.05) is 26.4 Å². The maximum absolute atomic E-state index is 8.09. The third kappa shape index (κ3) is 9.08. The normalized spacial score (nSPS) is 11.6. The highest BCUT2D eigenvalue weighted by molar-refractivity contribution is 4.81. The molecule has 15 heavy (non-hydrogen) atoms. The highest BCUT2D eigenvalue weighted by atomic mass is 16.5. The molecule has 0 rings (SSSR count). The van der Waals surface area contributed by atoms with Crippen LogP contribution in [0.15, 0.2) is 17.5 Å². The molecule has 0 aromatic carbocycles. The van der Waals surface area contributed by atoms with Gasteiger partial charge in [0.2, 0.25) is 0 Å².